The maximum atomic E-state index is 12.7. The molecule has 1 saturated heterocycles. The van der Waals surface area contributed by atoms with E-state index in [2.05, 4.69) is 21.9 Å². The smallest absolute Gasteiger partial charge is 0.242 e. The summed E-state index contributed by atoms with van der Waals surface area (Å²) >= 11 is 7.69. The molecule has 2 aliphatic heterocycles. The molecule has 1 aromatic heterocycles. The van der Waals surface area contributed by atoms with Crippen molar-refractivity contribution in [2.45, 2.75) is 38.1 Å². The van der Waals surface area contributed by atoms with Crippen molar-refractivity contribution in [3.05, 3.63) is 57.2 Å². The molecule has 0 spiro atoms. The molecule has 146 valence electrons. The van der Waals surface area contributed by atoms with Crippen molar-refractivity contribution < 1.29 is 9.59 Å². The summed E-state index contributed by atoms with van der Waals surface area (Å²) < 4.78 is 0. The third-order valence-corrected chi connectivity index (χ3v) is 6.22. The van der Waals surface area contributed by atoms with Gasteiger partial charge in [0.05, 0.1) is 18.3 Å². The van der Waals surface area contributed by atoms with Crippen LogP contribution in [0.15, 0.2) is 46.2 Å². The van der Waals surface area contributed by atoms with Gasteiger partial charge in [-0.05, 0) is 53.8 Å². The number of nitrogens with zero attached hydrogens (tertiary/aromatic N) is 3. The van der Waals surface area contributed by atoms with E-state index in [4.69, 9.17) is 11.6 Å². The van der Waals surface area contributed by atoms with Gasteiger partial charge in [0.15, 0.2) is 0 Å². The molecule has 1 atom stereocenters. The standard InChI is InChI=1S/C21H22ClN3O2S/c22-17-8-6-16(7-9-17)21-18(24-11-2-5-19(24)26)13-25(23-21)20(27)4-1-3-15-10-12-28-14-15/h6-10,12,14,18H,1-5,11,13H2. The molecule has 28 heavy (non-hydrogen) atoms. The first-order chi connectivity index (χ1) is 13.6. The highest BCUT2D eigenvalue weighted by Crippen LogP contribution is 2.25. The number of amides is 2. The molecule has 1 fully saturated rings. The predicted octanol–water partition coefficient (Wildman–Crippen LogP) is 3.96. The molecule has 0 saturated carbocycles. The maximum Gasteiger partial charge on any atom is 0.242 e. The van der Waals surface area contributed by atoms with Crippen molar-refractivity contribution in [2.24, 2.45) is 5.10 Å². The number of likely N-dealkylation sites (tertiary alicyclic amines) is 1. The Morgan fingerprint density at radius 2 is 2.07 bits per heavy atom. The number of halogens is 1. The Morgan fingerprint density at radius 3 is 2.75 bits per heavy atom. The fourth-order valence-corrected chi connectivity index (χ4v) is 4.60. The van der Waals surface area contributed by atoms with Gasteiger partial charge in [0, 0.05) is 30.0 Å². The van der Waals surface area contributed by atoms with Crippen molar-refractivity contribution in [3.8, 4) is 0 Å². The number of aryl methyl sites for hydroxylation is 1. The van der Waals surface area contributed by atoms with E-state index in [1.807, 2.05) is 29.2 Å². The monoisotopic (exact) mass is 415 g/mol. The second-order valence-electron chi connectivity index (χ2n) is 7.16. The number of benzene rings is 1. The van der Waals surface area contributed by atoms with Gasteiger partial charge in [-0.2, -0.15) is 16.4 Å². The fourth-order valence-electron chi connectivity index (χ4n) is 3.77. The first-order valence-corrected chi connectivity index (χ1v) is 10.9. The van der Waals surface area contributed by atoms with E-state index in [9.17, 15) is 9.59 Å². The Kier molecular flexibility index (Phi) is 5.78. The lowest BCUT2D eigenvalue weighted by atomic mass is 10.0. The van der Waals surface area contributed by atoms with E-state index in [-0.39, 0.29) is 17.9 Å². The summed E-state index contributed by atoms with van der Waals surface area (Å²) in [6, 6.07) is 9.34. The summed E-state index contributed by atoms with van der Waals surface area (Å²) in [6.45, 7) is 1.15. The van der Waals surface area contributed by atoms with Crippen molar-refractivity contribution in [2.75, 3.05) is 13.1 Å². The van der Waals surface area contributed by atoms with Crippen molar-refractivity contribution >= 4 is 40.5 Å². The normalized spacial score (nSPS) is 19.4. The molecule has 4 rings (SSSR count). The quantitative estimate of drug-likeness (QED) is 0.717. The molecule has 0 N–H and O–H groups in total. The Bertz CT molecular complexity index is 880. The average Bonchev–Trinajstić information content (AvgIpc) is 3.42. The maximum absolute atomic E-state index is 12.7. The SMILES string of the molecule is O=C(CCCc1ccsc1)N1CC(N2CCCC2=O)C(c2ccc(Cl)cc2)=N1. The molecular weight excluding hydrogens is 394 g/mol. The third-order valence-electron chi connectivity index (χ3n) is 5.24. The van der Waals surface area contributed by atoms with Gasteiger partial charge < -0.3 is 4.90 Å². The topological polar surface area (TPSA) is 53.0 Å². The summed E-state index contributed by atoms with van der Waals surface area (Å²) in [4.78, 5) is 26.9. The highest BCUT2D eigenvalue weighted by Gasteiger charge is 2.38. The number of rotatable bonds is 6. The number of thiophene rings is 1. The minimum atomic E-state index is -0.183. The van der Waals surface area contributed by atoms with Gasteiger partial charge in [0.25, 0.3) is 0 Å². The van der Waals surface area contributed by atoms with Crippen molar-refractivity contribution in [1.29, 1.82) is 0 Å². The summed E-state index contributed by atoms with van der Waals surface area (Å²) in [5.74, 6) is 0.147. The molecule has 1 unspecified atom stereocenters. The van der Waals surface area contributed by atoms with Gasteiger partial charge in [-0.15, -0.1) is 0 Å². The van der Waals surface area contributed by atoms with Crippen LogP contribution >= 0.6 is 22.9 Å². The van der Waals surface area contributed by atoms with Crippen LogP contribution in [0.3, 0.4) is 0 Å². The van der Waals surface area contributed by atoms with Crippen LogP contribution in [-0.2, 0) is 16.0 Å². The predicted molar refractivity (Wildman–Crippen MR) is 112 cm³/mol. The largest absolute Gasteiger partial charge is 0.332 e. The van der Waals surface area contributed by atoms with E-state index >= 15 is 0 Å². The Balaban J connectivity index is 1.49. The van der Waals surface area contributed by atoms with Crippen LogP contribution in [0.25, 0.3) is 0 Å². The number of hydrazone groups is 1. The first-order valence-electron chi connectivity index (χ1n) is 9.57. The Morgan fingerprint density at radius 1 is 1.25 bits per heavy atom. The second kappa shape index (κ2) is 8.45. The van der Waals surface area contributed by atoms with E-state index in [0.717, 1.165) is 37.1 Å². The van der Waals surface area contributed by atoms with Crippen LogP contribution in [0, 0.1) is 0 Å². The van der Waals surface area contributed by atoms with Crippen molar-refractivity contribution in [3.63, 3.8) is 0 Å². The van der Waals surface area contributed by atoms with E-state index in [0.29, 0.717) is 24.4 Å². The van der Waals surface area contributed by atoms with Gasteiger partial charge in [-0.25, -0.2) is 5.01 Å². The molecule has 7 heteroatoms. The minimum Gasteiger partial charge on any atom is -0.332 e. The lowest BCUT2D eigenvalue weighted by Gasteiger charge is -2.25. The number of hydrogen-bond donors (Lipinski definition) is 0. The van der Waals surface area contributed by atoms with Gasteiger partial charge in [-0.1, -0.05) is 23.7 Å². The summed E-state index contributed by atoms with van der Waals surface area (Å²) in [6.07, 6.45) is 3.57. The zero-order valence-corrected chi connectivity index (χ0v) is 17.1. The van der Waals surface area contributed by atoms with Gasteiger partial charge in [0.2, 0.25) is 11.8 Å². The second-order valence-corrected chi connectivity index (χ2v) is 8.38. The van der Waals surface area contributed by atoms with Crippen LogP contribution in [-0.4, -0.2) is 46.6 Å². The van der Waals surface area contributed by atoms with Crippen LogP contribution < -0.4 is 0 Å². The molecule has 0 aliphatic carbocycles. The van der Waals surface area contributed by atoms with Crippen LogP contribution in [0.5, 0.6) is 0 Å². The minimum absolute atomic E-state index is 0.0100. The first kappa shape index (κ1) is 19.2. The van der Waals surface area contributed by atoms with Crippen LogP contribution in [0.2, 0.25) is 5.02 Å². The lowest BCUT2D eigenvalue weighted by molar-refractivity contribution is -0.133. The van der Waals surface area contributed by atoms with Crippen LogP contribution in [0.4, 0.5) is 0 Å². The summed E-state index contributed by atoms with van der Waals surface area (Å²) in [7, 11) is 0. The lowest BCUT2D eigenvalue weighted by Crippen LogP contribution is -2.44. The Hall–Kier alpha value is -2.18. The molecule has 5 nitrogen and oxygen atoms in total. The highest BCUT2D eigenvalue weighted by molar-refractivity contribution is 7.07. The average molecular weight is 416 g/mol. The molecule has 2 aromatic rings. The number of carbonyl (C=O) groups excluding carboxylic acids is 2. The summed E-state index contributed by atoms with van der Waals surface area (Å²) in [5.41, 5.74) is 2.95. The molecule has 3 heterocycles. The number of carbonyl (C=O) groups is 2. The fraction of sp³-hybridized carbons (Fsp3) is 0.381. The van der Waals surface area contributed by atoms with Crippen LogP contribution in [0.1, 0.15) is 36.8 Å². The molecule has 2 amide bonds. The zero-order chi connectivity index (χ0) is 19.5. The van der Waals surface area contributed by atoms with E-state index in [1.165, 1.54) is 5.56 Å². The zero-order valence-electron chi connectivity index (χ0n) is 15.5. The Labute approximate surface area is 173 Å². The van der Waals surface area contributed by atoms with Gasteiger partial charge >= 0.3 is 0 Å². The highest BCUT2D eigenvalue weighted by atomic mass is 35.5. The molecular formula is C21H22ClN3O2S. The summed E-state index contributed by atoms with van der Waals surface area (Å²) in [5, 5.41) is 11.0. The molecule has 0 bridgehead atoms. The third kappa shape index (κ3) is 4.13. The van der Waals surface area contributed by atoms with Gasteiger partial charge in [-0.3, -0.25) is 9.59 Å². The van der Waals surface area contributed by atoms with E-state index in [1.54, 1.807) is 16.3 Å². The van der Waals surface area contributed by atoms with Crippen molar-refractivity contribution in [1.82, 2.24) is 9.91 Å². The molecule has 1 aromatic carbocycles. The number of hydrogen-bond acceptors (Lipinski definition) is 4. The van der Waals surface area contributed by atoms with Gasteiger partial charge in [0.1, 0.15) is 0 Å². The molecule has 0 radical (unpaired) electrons. The van der Waals surface area contributed by atoms with E-state index < -0.39 is 0 Å². The molecule has 2 aliphatic rings.